The van der Waals surface area contributed by atoms with Gasteiger partial charge < -0.3 is 10.2 Å². The van der Waals surface area contributed by atoms with Gasteiger partial charge in [0.05, 0.1) is 0 Å². The summed E-state index contributed by atoms with van der Waals surface area (Å²) >= 11 is 0. The maximum absolute atomic E-state index is 12.1. The number of likely N-dealkylation sites (tertiary alicyclic amines) is 1. The molecule has 1 aliphatic heterocycles. The molecular formula is C13H26N2O. The van der Waals surface area contributed by atoms with Gasteiger partial charge in [0.15, 0.2) is 0 Å². The highest BCUT2D eigenvalue weighted by molar-refractivity contribution is 5.75. The molecule has 1 aliphatic rings. The van der Waals surface area contributed by atoms with Crippen molar-refractivity contribution in [2.75, 3.05) is 6.54 Å². The van der Waals surface area contributed by atoms with Crippen molar-refractivity contribution in [1.29, 1.82) is 0 Å². The van der Waals surface area contributed by atoms with E-state index in [1.165, 1.54) is 12.8 Å². The van der Waals surface area contributed by atoms with Crippen molar-refractivity contribution in [2.45, 2.75) is 71.4 Å². The first-order valence-electron chi connectivity index (χ1n) is 6.80. The minimum Gasteiger partial charge on any atom is -0.335 e. The number of amides is 2. The number of carbonyl (C=O) groups is 1. The summed E-state index contributed by atoms with van der Waals surface area (Å²) in [6.45, 7) is 7.36. The zero-order valence-corrected chi connectivity index (χ0v) is 11.0. The quantitative estimate of drug-likeness (QED) is 0.784. The van der Waals surface area contributed by atoms with Crippen LogP contribution in [0.1, 0.15) is 59.3 Å². The lowest BCUT2D eigenvalue weighted by molar-refractivity contribution is 0.145. The molecule has 1 atom stereocenters. The molecular weight excluding hydrogens is 200 g/mol. The van der Waals surface area contributed by atoms with Gasteiger partial charge in [-0.05, 0) is 38.5 Å². The van der Waals surface area contributed by atoms with E-state index >= 15 is 0 Å². The number of nitrogens with one attached hydrogen (secondary N) is 1. The molecule has 0 spiro atoms. The monoisotopic (exact) mass is 226 g/mol. The van der Waals surface area contributed by atoms with E-state index in [0.29, 0.717) is 12.1 Å². The van der Waals surface area contributed by atoms with Crippen LogP contribution in [0.5, 0.6) is 0 Å². The Morgan fingerprint density at radius 2 is 2.00 bits per heavy atom. The number of piperidine rings is 1. The summed E-state index contributed by atoms with van der Waals surface area (Å²) in [7, 11) is 0. The summed E-state index contributed by atoms with van der Waals surface area (Å²) in [6, 6.07) is 0.954. The molecule has 0 aromatic rings. The zero-order valence-electron chi connectivity index (χ0n) is 11.0. The molecule has 0 aliphatic carbocycles. The lowest BCUT2D eigenvalue weighted by Gasteiger charge is -2.36. The Morgan fingerprint density at radius 1 is 1.31 bits per heavy atom. The summed E-state index contributed by atoms with van der Waals surface area (Å²) in [5.41, 5.74) is 0. The molecule has 1 saturated heterocycles. The minimum atomic E-state index is 0.153. The molecule has 0 saturated carbocycles. The Labute approximate surface area is 99.6 Å². The van der Waals surface area contributed by atoms with Gasteiger partial charge in [-0.25, -0.2) is 4.79 Å². The van der Waals surface area contributed by atoms with Crippen LogP contribution >= 0.6 is 0 Å². The Bertz CT molecular complexity index is 214. The third-order valence-electron chi connectivity index (χ3n) is 3.67. The molecule has 1 fully saturated rings. The molecule has 0 radical (unpaired) electrons. The molecule has 0 bridgehead atoms. The molecule has 2 amide bonds. The third kappa shape index (κ3) is 3.39. The maximum Gasteiger partial charge on any atom is 0.317 e. The van der Waals surface area contributed by atoms with E-state index in [1.54, 1.807) is 0 Å². The summed E-state index contributed by atoms with van der Waals surface area (Å²) in [4.78, 5) is 14.2. The van der Waals surface area contributed by atoms with Crippen molar-refractivity contribution in [2.24, 2.45) is 0 Å². The highest BCUT2D eigenvalue weighted by Crippen LogP contribution is 2.19. The van der Waals surface area contributed by atoms with E-state index < -0.39 is 0 Å². The number of urea groups is 1. The highest BCUT2D eigenvalue weighted by atomic mass is 16.2. The van der Waals surface area contributed by atoms with E-state index in [2.05, 4.69) is 26.1 Å². The highest BCUT2D eigenvalue weighted by Gasteiger charge is 2.25. The average Bonchev–Trinajstić information content (AvgIpc) is 2.35. The van der Waals surface area contributed by atoms with Crippen LogP contribution in [0, 0.1) is 0 Å². The number of rotatable bonds is 4. The standard InChI is InChI=1S/C13H26N2O/c1-4-11(5-2)14-13(16)15-10-8-7-9-12(15)6-3/h11-12H,4-10H2,1-3H3,(H,14,16). The molecule has 3 nitrogen and oxygen atoms in total. The van der Waals surface area contributed by atoms with Crippen molar-refractivity contribution in [1.82, 2.24) is 10.2 Å². The van der Waals surface area contributed by atoms with Gasteiger partial charge in [-0.1, -0.05) is 20.8 Å². The second-order valence-corrected chi connectivity index (χ2v) is 4.71. The van der Waals surface area contributed by atoms with Crippen LogP contribution in [-0.4, -0.2) is 29.6 Å². The number of hydrogen-bond acceptors (Lipinski definition) is 1. The lowest BCUT2D eigenvalue weighted by atomic mass is 10.0. The average molecular weight is 226 g/mol. The van der Waals surface area contributed by atoms with E-state index in [4.69, 9.17) is 0 Å². The van der Waals surface area contributed by atoms with Gasteiger partial charge in [0, 0.05) is 18.6 Å². The molecule has 1 N–H and O–H groups in total. The number of nitrogens with zero attached hydrogens (tertiary/aromatic N) is 1. The fourth-order valence-corrected chi connectivity index (χ4v) is 2.44. The van der Waals surface area contributed by atoms with Gasteiger partial charge in [0.2, 0.25) is 0 Å². The van der Waals surface area contributed by atoms with Gasteiger partial charge in [0.1, 0.15) is 0 Å². The fraction of sp³-hybridized carbons (Fsp3) is 0.923. The molecule has 1 unspecified atom stereocenters. The van der Waals surface area contributed by atoms with Gasteiger partial charge >= 0.3 is 6.03 Å². The minimum absolute atomic E-state index is 0.153. The largest absolute Gasteiger partial charge is 0.335 e. The SMILES string of the molecule is CCC(CC)NC(=O)N1CCCCC1CC. The summed E-state index contributed by atoms with van der Waals surface area (Å²) < 4.78 is 0. The van der Waals surface area contributed by atoms with E-state index in [1.807, 2.05) is 4.90 Å². The van der Waals surface area contributed by atoms with E-state index in [9.17, 15) is 4.79 Å². The summed E-state index contributed by atoms with van der Waals surface area (Å²) in [5.74, 6) is 0. The van der Waals surface area contributed by atoms with Crippen molar-refractivity contribution >= 4 is 6.03 Å². The Hall–Kier alpha value is -0.730. The molecule has 1 heterocycles. The first kappa shape index (κ1) is 13.3. The Morgan fingerprint density at radius 3 is 2.56 bits per heavy atom. The van der Waals surface area contributed by atoms with Crippen LogP contribution < -0.4 is 5.32 Å². The number of hydrogen-bond donors (Lipinski definition) is 1. The second-order valence-electron chi connectivity index (χ2n) is 4.71. The molecule has 0 aromatic heterocycles. The third-order valence-corrected chi connectivity index (χ3v) is 3.67. The first-order valence-corrected chi connectivity index (χ1v) is 6.80. The second kappa shape index (κ2) is 6.77. The van der Waals surface area contributed by atoms with Gasteiger partial charge in [0.25, 0.3) is 0 Å². The lowest BCUT2D eigenvalue weighted by Crippen LogP contribution is -2.50. The van der Waals surface area contributed by atoms with E-state index in [-0.39, 0.29) is 6.03 Å². The van der Waals surface area contributed by atoms with Crippen molar-refractivity contribution in [3.63, 3.8) is 0 Å². The number of carbonyl (C=O) groups excluding carboxylic acids is 1. The van der Waals surface area contributed by atoms with Crippen LogP contribution in [0.3, 0.4) is 0 Å². The summed E-state index contributed by atoms with van der Waals surface area (Å²) in [6.07, 6.45) is 6.73. The van der Waals surface area contributed by atoms with Crippen molar-refractivity contribution in [3.05, 3.63) is 0 Å². The Balaban J connectivity index is 2.50. The summed E-state index contributed by atoms with van der Waals surface area (Å²) in [5, 5.41) is 3.14. The zero-order chi connectivity index (χ0) is 12.0. The predicted molar refractivity (Wildman–Crippen MR) is 67.5 cm³/mol. The maximum atomic E-state index is 12.1. The fourth-order valence-electron chi connectivity index (χ4n) is 2.44. The predicted octanol–water partition coefficient (Wildman–Crippen LogP) is 3.15. The topological polar surface area (TPSA) is 32.3 Å². The molecule has 94 valence electrons. The van der Waals surface area contributed by atoms with Crippen LogP contribution in [-0.2, 0) is 0 Å². The van der Waals surface area contributed by atoms with E-state index in [0.717, 1.165) is 32.2 Å². The van der Waals surface area contributed by atoms with Gasteiger partial charge in [-0.15, -0.1) is 0 Å². The molecule has 0 aromatic carbocycles. The van der Waals surface area contributed by atoms with Crippen molar-refractivity contribution in [3.8, 4) is 0 Å². The Kier molecular flexibility index (Phi) is 5.64. The normalized spacial score (nSPS) is 21.2. The van der Waals surface area contributed by atoms with Crippen molar-refractivity contribution < 1.29 is 4.79 Å². The van der Waals surface area contributed by atoms with Crippen LogP contribution in [0.25, 0.3) is 0 Å². The molecule has 3 heteroatoms. The van der Waals surface area contributed by atoms with Crippen LogP contribution in [0.15, 0.2) is 0 Å². The first-order chi connectivity index (χ1) is 7.72. The molecule has 16 heavy (non-hydrogen) atoms. The van der Waals surface area contributed by atoms with Gasteiger partial charge in [-0.2, -0.15) is 0 Å². The van der Waals surface area contributed by atoms with Gasteiger partial charge in [-0.3, -0.25) is 0 Å². The van der Waals surface area contributed by atoms with Crippen LogP contribution in [0.2, 0.25) is 0 Å². The smallest absolute Gasteiger partial charge is 0.317 e. The van der Waals surface area contributed by atoms with Crippen LogP contribution in [0.4, 0.5) is 4.79 Å². The molecule has 1 rings (SSSR count).